The number of rotatable bonds is 7. The molecule has 0 aliphatic carbocycles. The first-order chi connectivity index (χ1) is 14.3. The Morgan fingerprint density at radius 2 is 2.00 bits per heavy atom. The normalized spacial score (nSPS) is 10.9. The number of carbonyl (C=O) groups is 2. The summed E-state index contributed by atoms with van der Waals surface area (Å²) in [5.41, 5.74) is 2.05. The van der Waals surface area contributed by atoms with Gasteiger partial charge in [0.05, 0.1) is 31.2 Å². The molecule has 3 rings (SSSR count). The van der Waals surface area contributed by atoms with Gasteiger partial charge in [-0.25, -0.2) is 4.98 Å². The summed E-state index contributed by atoms with van der Waals surface area (Å²) in [4.78, 5) is 28.7. The summed E-state index contributed by atoms with van der Waals surface area (Å²) in [7, 11) is 3.04. The van der Waals surface area contributed by atoms with Crippen LogP contribution < -0.4 is 20.1 Å². The zero-order valence-electron chi connectivity index (χ0n) is 16.4. The smallest absolute Gasteiger partial charge is 0.387 e. The lowest BCUT2D eigenvalue weighted by atomic mass is 10.2. The van der Waals surface area contributed by atoms with Crippen LogP contribution >= 0.6 is 0 Å². The van der Waals surface area contributed by atoms with Crippen LogP contribution in [0.5, 0.6) is 11.5 Å². The lowest BCUT2D eigenvalue weighted by Crippen LogP contribution is -2.32. The van der Waals surface area contributed by atoms with Gasteiger partial charge in [0.15, 0.2) is 17.1 Å². The molecule has 0 bridgehead atoms. The third kappa shape index (κ3) is 4.62. The Labute approximate surface area is 170 Å². The lowest BCUT2D eigenvalue weighted by Gasteiger charge is -2.11. The highest BCUT2D eigenvalue weighted by Crippen LogP contribution is 2.29. The van der Waals surface area contributed by atoms with Crippen molar-refractivity contribution >= 4 is 28.5 Å². The van der Waals surface area contributed by atoms with Crippen molar-refractivity contribution < 1.29 is 27.8 Å². The number of benzene rings is 1. The largest absolute Gasteiger partial charge is 0.493 e. The minimum Gasteiger partial charge on any atom is -0.493 e. The number of methoxy groups -OCH3 is 1. The Morgan fingerprint density at radius 3 is 2.70 bits per heavy atom. The number of halogens is 2. The fourth-order valence-corrected chi connectivity index (χ4v) is 2.85. The number of hydrogen-bond donors (Lipinski definition) is 2. The molecule has 0 unspecified atom stereocenters. The third-order valence-corrected chi connectivity index (χ3v) is 4.20. The molecule has 1 aromatic carbocycles. The molecule has 0 aliphatic rings. The maximum atomic E-state index is 12.4. The summed E-state index contributed by atoms with van der Waals surface area (Å²) in [6.45, 7) is -1.49. The molecule has 0 fully saturated rings. The second kappa shape index (κ2) is 8.72. The Kier molecular flexibility index (Phi) is 6.09. The summed E-state index contributed by atoms with van der Waals surface area (Å²) in [6, 6.07) is 5.47. The molecule has 2 heterocycles. The van der Waals surface area contributed by atoms with Gasteiger partial charge in [-0.05, 0) is 31.2 Å². The summed E-state index contributed by atoms with van der Waals surface area (Å²) in [5.74, 6) is -1.27. The Hall–Kier alpha value is -3.76. The number of aryl methyl sites for hydroxylation is 2. The van der Waals surface area contributed by atoms with Crippen molar-refractivity contribution in [2.75, 3.05) is 19.0 Å². The van der Waals surface area contributed by atoms with E-state index in [0.717, 1.165) is 11.1 Å². The van der Waals surface area contributed by atoms with Gasteiger partial charge in [0.1, 0.15) is 0 Å². The highest BCUT2D eigenvalue weighted by Gasteiger charge is 2.15. The van der Waals surface area contributed by atoms with Crippen LogP contribution in [0.2, 0.25) is 0 Å². The molecule has 30 heavy (non-hydrogen) atoms. The number of carbonyl (C=O) groups excluding carboxylic acids is 2. The van der Waals surface area contributed by atoms with Crippen molar-refractivity contribution in [2.45, 2.75) is 13.5 Å². The molecule has 0 radical (unpaired) electrons. The average Bonchev–Trinajstić information content (AvgIpc) is 2.99. The molecule has 2 aromatic heterocycles. The van der Waals surface area contributed by atoms with Crippen LogP contribution in [0.25, 0.3) is 11.0 Å². The number of hydrogen-bond acceptors (Lipinski definition) is 6. The Morgan fingerprint density at radius 1 is 1.23 bits per heavy atom. The van der Waals surface area contributed by atoms with E-state index in [1.54, 1.807) is 17.8 Å². The topological polar surface area (TPSA) is 107 Å². The van der Waals surface area contributed by atoms with Crippen molar-refractivity contribution in [3.05, 3.63) is 41.7 Å². The van der Waals surface area contributed by atoms with E-state index in [2.05, 4.69) is 25.5 Å². The van der Waals surface area contributed by atoms with Gasteiger partial charge < -0.3 is 20.1 Å². The molecule has 158 valence electrons. The summed E-state index contributed by atoms with van der Waals surface area (Å²) in [5, 5.41) is 10.2. The number of nitrogens with zero attached hydrogens (tertiary/aromatic N) is 3. The molecule has 0 aliphatic heterocycles. The van der Waals surface area contributed by atoms with Crippen LogP contribution in [0, 0.1) is 6.92 Å². The molecular weight excluding hydrogens is 400 g/mol. The standard InChI is InChI=1S/C19H19F2N5O4/c1-10-13-7-12(8-22-17(13)26(2)25-10)24-16(27)9-23-18(28)11-4-5-14(30-19(20)21)15(6-11)29-3/h4-8,19H,9H2,1-3H3,(H,23,28)(H,24,27). The Balaban J connectivity index is 1.62. The van der Waals surface area contributed by atoms with Crippen LogP contribution in [-0.4, -0.2) is 46.8 Å². The van der Waals surface area contributed by atoms with Crippen LogP contribution in [-0.2, 0) is 11.8 Å². The van der Waals surface area contributed by atoms with E-state index in [1.165, 1.54) is 31.5 Å². The van der Waals surface area contributed by atoms with Gasteiger partial charge in [0.25, 0.3) is 5.91 Å². The van der Waals surface area contributed by atoms with Crippen LogP contribution in [0.3, 0.4) is 0 Å². The number of pyridine rings is 1. The summed E-state index contributed by atoms with van der Waals surface area (Å²) >= 11 is 0. The van der Waals surface area contributed by atoms with Crippen molar-refractivity contribution in [3.8, 4) is 11.5 Å². The van der Waals surface area contributed by atoms with Crippen LogP contribution in [0.4, 0.5) is 14.5 Å². The Bertz CT molecular complexity index is 1100. The molecule has 0 saturated carbocycles. The number of ether oxygens (including phenoxy) is 2. The fraction of sp³-hybridized carbons (Fsp3) is 0.263. The van der Waals surface area contributed by atoms with Crippen molar-refractivity contribution in [2.24, 2.45) is 7.05 Å². The maximum Gasteiger partial charge on any atom is 0.387 e. The zero-order chi connectivity index (χ0) is 21.8. The van der Waals surface area contributed by atoms with E-state index in [-0.39, 0.29) is 23.6 Å². The van der Waals surface area contributed by atoms with Crippen molar-refractivity contribution in [1.82, 2.24) is 20.1 Å². The molecule has 9 nitrogen and oxygen atoms in total. The predicted octanol–water partition coefficient (Wildman–Crippen LogP) is 2.26. The summed E-state index contributed by atoms with van der Waals surface area (Å²) in [6.07, 6.45) is 1.50. The third-order valence-electron chi connectivity index (χ3n) is 4.20. The van der Waals surface area contributed by atoms with Crippen LogP contribution in [0.1, 0.15) is 16.1 Å². The number of aromatic nitrogens is 3. The second-order valence-corrected chi connectivity index (χ2v) is 6.28. The molecule has 11 heteroatoms. The first-order valence-electron chi connectivity index (χ1n) is 8.78. The number of anilines is 1. The van der Waals surface area contributed by atoms with Gasteiger partial charge >= 0.3 is 6.61 Å². The van der Waals surface area contributed by atoms with Gasteiger partial charge in [-0.1, -0.05) is 0 Å². The van der Waals surface area contributed by atoms with Crippen molar-refractivity contribution in [1.29, 1.82) is 0 Å². The van der Waals surface area contributed by atoms with Gasteiger partial charge in [0.2, 0.25) is 5.91 Å². The highest BCUT2D eigenvalue weighted by molar-refractivity contribution is 6.00. The molecule has 3 aromatic rings. The number of fused-ring (bicyclic) bond motifs is 1. The van der Waals surface area contributed by atoms with Gasteiger partial charge in [-0.15, -0.1) is 0 Å². The number of alkyl halides is 2. The summed E-state index contributed by atoms with van der Waals surface area (Å²) < 4.78 is 35.7. The quantitative estimate of drug-likeness (QED) is 0.608. The fourth-order valence-electron chi connectivity index (χ4n) is 2.85. The average molecular weight is 419 g/mol. The van der Waals surface area contributed by atoms with E-state index in [0.29, 0.717) is 11.3 Å². The van der Waals surface area contributed by atoms with E-state index < -0.39 is 18.4 Å². The molecule has 0 atom stereocenters. The van der Waals surface area contributed by atoms with E-state index in [1.807, 2.05) is 6.92 Å². The minimum absolute atomic E-state index is 0.0291. The first kappa shape index (κ1) is 21.0. The number of amides is 2. The number of nitrogens with one attached hydrogen (secondary N) is 2. The van der Waals surface area contributed by atoms with E-state index >= 15 is 0 Å². The SMILES string of the molecule is COc1cc(C(=O)NCC(=O)Nc2cnc3c(c2)c(C)nn3C)ccc1OC(F)F. The van der Waals surface area contributed by atoms with E-state index in [9.17, 15) is 18.4 Å². The molecular formula is C19H19F2N5O4. The van der Waals surface area contributed by atoms with E-state index in [4.69, 9.17) is 4.74 Å². The monoisotopic (exact) mass is 419 g/mol. The van der Waals surface area contributed by atoms with Crippen molar-refractivity contribution in [3.63, 3.8) is 0 Å². The first-order valence-corrected chi connectivity index (χ1v) is 8.78. The zero-order valence-corrected chi connectivity index (χ0v) is 16.4. The van der Waals surface area contributed by atoms with Gasteiger partial charge in [0, 0.05) is 18.0 Å². The predicted molar refractivity (Wildman–Crippen MR) is 104 cm³/mol. The molecule has 0 spiro atoms. The minimum atomic E-state index is -3.02. The highest BCUT2D eigenvalue weighted by atomic mass is 19.3. The maximum absolute atomic E-state index is 12.4. The lowest BCUT2D eigenvalue weighted by molar-refractivity contribution is -0.115. The molecule has 0 saturated heterocycles. The van der Waals surface area contributed by atoms with Gasteiger partial charge in [-0.3, -0.25) is 14.3 Å². The molecule has 2 N–H and O–H groups in total. The van der Waals surface area contributed by atoms with Crippen LogP contribution in [0.15, 0.2) is 30.5 Å². The van der Waals surface area contributed by atoms with Gasteiger partial charge in [-0.2, -0.15) is 13.9 Å². The second-order valence-electron chi connectivity index (χ2n) is 6.28. The molecule has 2 amide bonds.